The van der Waals surface area contributed by atoms with E-state index in [2.05, 4.69) is 11.8 Å². The maximum atomic E-state index is 13.1. The van der Waals surface area contributed by atoms with Crippen LogP contribution in [-0.4, -0.2) is 59.8 Å². The summed E-state index contributed by atoms with van der Waals surface area (Å²) in [5.74, 6) is 1.86. The zero-order valence-corrected chi connectivity index (χ0v) is 15.3. The van der Waals surface area contributed by atoms with Crippen LogP contribution in [0.1, 0.15) is 36.5 Å². The van der Waals surface area contributed by atoms with Gasteiger partial charge in [0.05, 0.1) is 12.0 Å². The minimum absolute atomic E-state index is 0.0648. The molecule has 2 aliphatic heterocycles. The van der Waals surface area contributed by atoms with Gasteiger partial charge in [0.1, 0.15) is 11.4 Å². The van der Waals surface area contributed by atoms with Crippen molar-refractivity contribution in [1.29, 1.82) is 0 Å². The third-order valence-corrected chi connectivity index (χ3v) is 7.05. The molecule has 2 saturated carbocycles. The molecule has 0 bridgehead atoms. The van der Waals surface area contributed by atoms with Gasteiger partial charge in [-0.2, -0.15) is 0 Å². The molecule has 1 aromatic rings. The summed E-state index contributed by atoms with van der Waals surface area (Å²) in [4.78, 5) is 30.2. The van der Waals surface area contributed by atoms with Gasteiger partial charge < -0.3 is 14.5 Å². The standard InChI is InChI=1S/C21H26N2O3/c1-2-22-9-11-23(12-10-22)20(25)18-15-7-8-21(19(15)18)13-16(24)14-5-3-4-6-17(14)26-21/h3-6,15,18-19H,2,7-13H2,1H3/t15-,18+,19-,21-/m0/s1. The van der Waals surface area contributed by atoms with Crippen LogP contribution in [-0.2, 0) is 4.79 Å². The largest absolute Gasteiger partial charge is 0.486 e. The molecule has 0 radical (unpaired) electrons. The average molecular weight is 354 g/mol. The fraction of sp³-hybridized carbons (Fsp3) is 0.619. The lowest BCUT2D eigenvalue weighted by Crippen LogP contribution is -2.50. The summed E-state index contributed by atoms with van der Waals surface area (Å²) < 4.78 is 6.41. The van der Waals surface area contributed by atoms with Gasteiger partial charge in [0, 0.05) is 38.0 Å². The van der Waals surface area contributed by atoms with E-state index in [0.717, 1.165) is 45.6 Å². The van der Waals surface area contributed by atoms with Gasteiger partial charge in [-0.3, -0.25) is 9.59 Å². The maximum absolute atomic E-state index is 13.1. The van der Waals surface area contributed by atoms with Crippen LogP contribution in [0.15, 0.2) is 24.3 Å². The highest BCUT2D eigenvalue weighted by Gasteiger charge is 2.71. The highest BCUT2D eigenvalue weighted by Crippen LogP contribution is 2.66. The molecular formula is C21H26N2O3. The second-order valence-electron chi connectivity index (χ2n) is 8.28. The number of ketones is 1. The molecule has 1 saturated heterocycles. The molecule has 26 heavy (non-hydrogen) atoms. The first-order valence-corrected chi connectivity index (χ1v) is 9.95. The smallest absolute Gasteiger partial charge is 0.226 e. The fourth-order valence-electron chi connectivity index (χ4n) is 5.59. The predicted molar refractivity (Wildman–Crippen MR) is 97.1 cm³/mol. The summed E-state index contributed by atoms with van der Waals surface area (Å²) in [6.45, 7) is 6.82. The van der Waals surface area contributed by atoms with E-state index in [9.17, 15) is 9.59 Å². The quantitative estimate of drug-likeness (QED) is 0.817. The van der Waals surface area contributed by atoms with Gasteiger partial charge in [-0.25, -0.2) is 0 Å². The number of fused-ring (bicyclic) bond motifs is 3. The van der Waals surface area contributed by atoms with Crippen LogP contribution < -0.4 is 4.74 Å². The Bertz CT molecular complexity index is 755. The molecule has 1 spiro atoms. The number of ether oxygens (including phenoxy) is 1. The fourth-order valence-corrected chi connectivity index (χ4v) is 5.59. The Morgan fingerprint density at radius 3 is 2.77 bits per heavy atom. The van der Waals surface area contributed by atoms with Gasteiger partial charge in [0.15, 0.2) is 5.78 Å². The monoisotopic (exact) mass is 354 g/mol. The van der Waals surface area contributed by atoms with E-state index < -0.39 is 5.60 Å². The molecule has 4 atom stereocenters. The molecule has 3 fully saturated rings. The number of piperazine rings is 1. The minimum Gasteiger partial charge on any atom is -0.486 e. The molecule has 0 aromatic heterocycles. The Kier molecular flexibility index (Phi) is 3.64. The number of hydrogen-bond donors (Lipinski definition) is 0. The van der Waals surface area contributed by atoms with Crippen LogP contribution in [0.3, 0.4) is 0 Å². The summed E-state index contributed by atoms with van der Waals surface area (Å²) in [6.07, 6.45) is 2.33. The molecule has 4 aliphatic rings. The van der Waals surface area contributed by atoms with Crippen molar-refractivity contribution >= 4 is 11.7 Å². The van der Waals surface area contributed by atoms with E-state index in [1.165, 1.54) is 0 Å². The van der Waals surface area contributed by atoms with Gasteiger partial charge in [-0.1, -0.05) is 19.1 Å². The van der Waals surface area contributed by atoms with Crippen molar-refractivity contribution in [3.05, 3.63) is 29.8 Å². The summed E-state index contributed by atoms with van der Waals surface area (Å²) in [7, 11) is 0. The Balaban J connectivity index is 1.33. The summed E-state index contributed by atoms with van der Waals surface area (Å²) in [5, 5.41) is 0. The second kappa shape index (κ2) is 5.81. The van der Waals surface area contributed by atoms with E-state index >= 15 is 0 Å². The van der Waals surface area contributed by atoms with Crippen molar-refractivity contribution in [3.8, 4) is 5.75 Å². The van der Waals surface area contributed by atoms with E-state index in [-0.39, 0.29) is 17.6 Å². The SMILES string of the molecule is CCN1CCN(C(=O)[C@@H]2[C@@H]3CC[C@]4(CC(=O)c5ccccc5O4)[C@@H]32)CC1. The van der Waals surface area contributed by atoms with E-state index in [0.29, 0.717) is 29.6 Å². The lowest BCUT2D eigenvalue weighted by atomic mass is 9.84. The van der Waals surface area contributed by atoms with Gasteiger partial charge >= 0.3 is 0 Å². The second-order valence-corrected chi connectivity index (χ2v) is 8.28. The van der Waals surface area contributed by atoms with Crippen LogP contribution in [0.4, 0.5) is 0 Å². The van der Waals surface area contributed by atoms with Crippen molar-refractivity contribution in [2.45, 2.75) is 31.8 Å². The van der Waals surface area contributed by atoms with Gasteiger partial charge in [0.2, 0.25) is 5.91 Å². The number of hydrogen-bond acceptors (Lipinski definition) is 4. The predicted octanol–water partition coefficient (Wildman–Crippen LogP) is 2.21. The van der Waals surface area contributed by atoms with Crippen molar-refractivity contribution < 1.29 is 14.3 Å². The first kappa shape index (κ1) is 16.3. The van der Waals surface area contributed by atoms with Crippen LogP contribution in [0.2, 0.25) is 0 Å². The number of carbonyl (C=O) groups excluding carboxylic acids is 2. The Morgan fingerprint density at radius 1 is 1.23 bits per heavy atom. The topological polar surface area (TPSA) is 49.9 Å². The number of nitrogens with zero attached hydrogens (tertiary/aromatic N) is 2. The third kappa shape index (κ3) is 2.33. The van der Waals surface area contributed by atoms with E-state index in [1.807, 2.05) is 29.2 Å². The summed E-state index contributed by atoms with van der Waals surface area (Å²) in [5.41, 5.74) is 0.252. The number of benzene rings is 1. The number of carbonyl (C=O) groups is 2. The Hall–Kier alpha value is -1.88. The number of para-hydroxylation sites is 1. The molecule has 5 rings (SSSR count). The molecule has 1 aromatic carbocycles. The average Bonchev–Trinajstić information content (AvgIpc) is 3.32. The maximum Gasteiger partial charge on any atom is 0.226 e. The highest BCUT2D eigenvalue weighted by molar-refractivity contribution is 6.00. The van der Waals surface area contributed by atoms with Crippen molar-refractivity contribution in [2.24, 2.45) is 17.8 Å². The number of likely N-dealkylation sites (N-methyl/N-ethyl adjacent to an activating group) is 1. The molecule has 5 nitrogen and oxygen atoms in total. The zero-order chi connectivity index (χ0) is 17.9. The Labute approximate surface area is 154 Å². The van der Waals surface area contributed by atoms with Crippen LogP contribution in [0, 0.1) is 17.8 Å². The van der Waals surface area contributed by atoms with Gasteiger partial charge in [-0.15, -0.1) is 0 Å². The summed E-state index contributed by atoms with van der Waals surface area (Å²) >= 11 is 0. The molecule has 1 amide bonds. The van der Waals surface area contributed by atoms with Gasteiger partial charge in [0.25, 0.3) is 0 Å². The van der Waals surface area contributed by atoms with Crippen molar-refractivity contribution in [1.82, 2.24) is 9.80 Å². The first-order chi connectivity index (χ1) is 12.6. The van der Waals surface area contributed by atoms with Crippen LogP contribution in [0.25, 0.3) is 0 Å². The van der Waals surface area contributed by atoms with Crippen LogP contribution in [0.5, 0.6) is 5.75 Å². The Morgan fingerprint density at radius 2 is 2.00 bits per heavy atom. The molecule has 2 heterocycles. The lowest BCUT2D eigenvalue weighted by Gasteiger charge is -2.38. The van der Waals surface area contributed by atoms with Crippen molar-refractivity contribution in [2.75, 3.05) is 32.7 Å². The van der Waals surface area contributed by atoms with Gasteiger partial charge in [-0.05, 0) is 37.4 Å². The lowest BCUT2D eigenvalue weighted by molar-refractivity contribution is -0.136. The van der Waals surface area contributed by atoms with E-state index in [4.69, 9.17) is 4.74 Å². The molecular weight excluding hydrogens is 328 g/mol. The first-order valence-electron chi connectivity index (χ1n) is 9.95. The third-order valence-electron chi connectivity index (χ3n) is 7.05. The van der Waals surface area contributed by atoms with E-state index in [1.54, 1.807) is 0 Å². The number of rotatable bonds is 2. The molecule has 138 valence electrons. The summed E-state index contributed by atoms with van der Waals surface area (Å²) in [6, 6.07) is 7.54. The zero-order valence-electron chi connectivity index (χ0n) is 15.3. The molecule has 5 heteroatoms. The number of amides is 1. The highest BCUT2D eigenvalue weighted by atomic mass is 16.5. The molecule has 0 unspecified atom stereocenters. The molecule has 0 N–H and O–H groups in total. The van der Waals surface area contributed by atoms with Crippen molar-refractivity contribution in [3.63, 3.8) is 0 Å². The minimum atomic E-state index is -0.443. The number of Topliss-reactive ketones (excluding diaryl/α,β-unsaturated/α-hetero) is 1. The molecule has 2 aliphatic carbocycles. The van der Waals surface area contributed by atoms with Crippen LogP contribution >= 0.6 is 0 Å². The normalized spacial score (nSPS) is 35.8.